The molecule has 22 heavy (non-hydrogen) atoms. The number of hydrogen-bond acceptors (Lipinski definition) is 5. The van der Waals surface area contributed by atoms with Gasteiger partial charge >= 0.3 is 0 Å². The Morgan fingerprint density at radius 2 is 2.18 bits per heavy atom. The van der Waals surface area contributed by atoms with Crippen LogP contribution in [0.2, 0.25) is 0 Å². The van der Waals surface area contributed by atoms with Crippen molar-refractivity contribution in [2.75, 3.05) is 11.9 Å². The highest BCUT2D eigenvalue weighted by atomic mass is 32.1. The first-order valence-corrected chi connectivity index (χ1v) is 9.01. The minimum absolute atomic E-state index is 0.0469. The van der Waals surface area contributed by atoms with E-state index in [1.807, 2.05) is 16.8 Å². The van der Waals surface area contributed by atoms with Crippen molar-refractivity contribution in [1.29, 1.82) is 0 Å². The third-order valence-corrected chi connectivity index (χ3v) is 4.65. The lowest BCUT2D eigenvalue weighted by Crippen LogP contribution is -2.24. The molecule has 0 aromatic carbocycles. The molecule has 7 heteroatoms. The van der Waals surface area contributed by atoms with E-state index in [1.54, 1.807) is 6.07 Å². The standard InChI is InChI=1S/C15H19N3O2S2/c1-2-3-8-16-13(19)7-6-11-10-22-15(17-11)18-14(20)12-5-4-9-21-12/h4-5,9-10H,2-3,6-8H2,1H3,(H,16,19)(H,17,18,20). The summed E-state index contributed by atoms with van der Waals surface area (Å²) in [6, 6.07) is 3.61. The van der Waals surface area contributed by atoms with Gasteiger partial charge in [-0.2, -0.15) is 0 Å². The van der Waals surface area contributed by atoms with E-state index in [9.17, 15) is 9.59 Å². The fraction of sp³-hybridized carbons (Fsp3) is 0.400. The van der Waals surface area contributed by atoms with E-state index < -0.39 is 0 Å². The number of nitrogens with one attached hydrogen (secondary N) is 2. The molecule has 2 N–H and O–H groups in total. The zero-order valence-corrected chi connectivity index (χ0v) is 14.1. The normalized spacial score (nSPS) is 10.4. The summed E-state index contributed by atoms with van der Waals surface area (Å²) in [5.41, 5.74) is 0.831. The molecule has 0 radical (unpaired) electrons. The SMILES string of the molecule is CCCCNC(=O)CCc1csc(NC(=O)c2cccs2)n1. The number of rotatable bonds is 8. The lowest BCUT2D eigenvalue weighted by atomic mass is 10.2. The lowest BCUT2D eigenvalue weighted by Gasteiger charge is -2.02. The topological polar surface area (TPSA) is 71.1 Å². The molecule has 0 aliphatic carbocycles. The zero-order chi connectivity index (χ0) is 15.8. The molecule has 2 amide bonds. The molecule has 0 aliphatic heterocycles. The maximum absolute atomic E-state index is 11.9. The van der Waals surface area contributed by atoms with Gasteiger partial charge in [-0.1, -0.05) is 19.4 Å². The summed E-state index contributed by atoms with van der Waals surface area (Å²) in [7, 11) is 0. The fourth-order valence-electron chi connectivity index (χ4n) is 1.78. The number of hydrogen-bond donors (Lipinski definition) is 2. The number of carbonyl (C=O) groups is 2. The number of amides is 2. The van der Waals surface area contributed by atoms with Gasteiger partial charge in [-0.15, -0.1) is 22.7 Å². The van der Waals surface area contributed by atoms with Gasteiger partial charge in [0.25, 0.3) is 5.91 Å². The monoisotopic (exact) mass is 337 g/mol. The number of thiazole rings is 1. The van der Waals surface area contributed by atoms with Crippen molar-refractivity contribution in [3.63, 3.8) is 0 Å². The quantitative estimate of drug-likeness (QED) is 0.726. The van der Waals surface area contributed by atoms with Gasteiger partial charge in [0.05, 0.1) is 10.6 Å². The van der Waals surface area contributed by atoms with Crippen LogP contribution in [0, 0.1) is 0 Å². The predicted octanol–water partition coefficient (Wildman–Crippen LogP) is 3.31. The van der Waals surface area contributed by atoms with E-state index >= 15 is 0 Å². The van der Waals surface area contributed by atoms with Gasteiger partial charge in [-0.25, -0.2) is 4.98 Å². The van der Waals surface area contributed by atoms with E-state index in [0.29, 0.717) is 22.9 Å². The van der Waals surface area contributed by atoms with Gasteiger partial charge in [0, 0.05) is 18.3 Å². The van der Waals surface area contributed by atoms with Crippen LogP contribution in [0.1, 0.15) is 41.6 Å². The largest absolute Gasteiger partial charge is 0.356 e. The number of aromatic nitrogens is 1. The number of aryl methyl sites for hydroxylation is 1. The van der Waals surface area contributed by atoms with Crippen molar-refractivity contribution in [3.8, 4) is 0 Å². The van der Waals surface area contributed by atoms with Crippen molar-refractivity contribution >= 4 is 39.6 Å². The zero-order valence-electron chi connectivity index (χ0n) is 12.4. The van der Waals surface area contributed by atoms with Gasteiger partial charge in [-0.05, 0) is 24.3 Å². The number of carbonyl (C=O) groups excluding carboxylic acids is 2. The van der Waals surface area contributed by atoms with Crippen molar-refractivity contribution in [1.82, 2.24) is 10.3 Å². The van der Waals surface area contributed by atoms with Crippen LogP contribution in [0.3, 0.4) is 0 Å². The van der Waals surface area contributed by atoms with E-state index in [1.165, 1.54) is 22.7 Å². The van der Waals surface area contributed by atoms with Crippen LogP contribution in [0.5, 0.6) is 0 Å². The predicted molar refractivity (Wildman–Crippen MR) is 90.6 cm³/mol. The van der Waals surface area contributed by atoms with Gasteiger partial charge in [0.1, 0.15) is 0 Å². The second-order valence-corrected chi connectivity index (χ2v) is 6.58. The van der Waals surface area contributed by atoms with E-state index in [-0.39, 0.29) is 11.8 Å². The molecule has 0 saturated carbocycles. The van der Waals surface area contributed by atoms with Crippen LogP contribution < -0.4 is 10.6 Å². The number of anilines is 1. The lowest BCUT2D eigenvalue weighted by molar-refractivity contribution is -0.121. The average molecular weight is 337 g/mol. The summed E-state index contributed by atoms with van der Waals surface area (Å²) >= 11 is 2.77. The highest BCUT2D eigenvalue weighted by Gasteiger charge is 2.10. The van der Waals surface area contributed by atoms with E-state index in [0.717, 1.165) is 25.1 Å². The van der Waals surface area contributed by atoms with Crippen LogP contribution in [0.4, 0.5) is 5.13 Å². The first kappa shape index (κ1) is 16.6. The molecular formula is C15H19N3O2S2. The molecule has 0 fully saturated rings. The molecule has 0 bridgehead atoms. The molecular weight excluding hydrogens is 318 g/mol. The maximum Gasteiger partial charge on any atom is 0.267 e. The molecule has 0 atom stereocenters. The Bertz CT molecular complexity index is 608. The summed E-state index contributed by atoms with van der Waals surface area (Å²) in [5, 5.41) is 9.96. The Morgan fingerprint density at radius 3 is 2.91 bits per heavy atom. The Kier molecular flexibility index (Phi) is 6.54. The Hall–Kier alpha value is -1.73. The minimum Gasteiger partial charge on any atom is -0.356 e. The average Bonchev–Trinajstić information content (AvgIpc) is 3.17. The van der Waals surface area contributed by atoms with Crippen LogP contribution in [-0.2, 0) is 11.2 Å². The molecule has 5 nitrogen and oxygen atoms in total. The third kappa shape index (κ3) is 5.23. The van der Waals surface area contributed by atoms with E-state index in [4.69, 9.17) is 0 Å². The summed E-state index contributed by atoms with van der Waals surface area (Å²) in [6.45, 7) is 2.82. The van der Waals surface area contributed by atoms with Crippen molar-refractivity contribution in [2.24, 2.45) is 0 Å². The molecule has 0 aliphatic rings. The second-order valence-electron chi connectivity index (χ2n) is 4.78. The molecule has 0 unspecified atom stereocenters. The highest BCUT2D eigenvalue weighted by molar-refractivity contribution is 7.14. The minimum atomic E-state index is -0.145. The number of thiophene rings is 1. The number of unbranched alkanes of at least 4 members (excludes halogenated alkanes) is 1. The fourth-order valence-corrected chi connectivity index (χ4v) is 3.14. The highest BCUT2D eigenvalue weighted by Crippen LogP contribution is 2.18. The van der Waals surface area contributed by atoms with Crippen LogP contribution in [0.25, 0.3) is 0 Å². The summed E-state index contributed by atoms with van der Waals surface area (Å²) < 4.78 is 0. The summed E-state index contributed by atoms with van der Waals surface area (Å²) in [4.78, 5) is 28.5. The summed E-state index contributed by atoms with van der Waals surface area (Å²) in [6.07, 6.45) is 3.08. The van der Waals surface area contributed by atoms with Crippen LogP contribution >= 0.6 is 22.7 Å². The molecule has 0 spiro atoms. The molecule has 2 aromatic heterocycles. The Morgan fingerprint density at radius 1 is 1.32 bits per heavy atom. The first-order chi connectivity index (χ1) is 10.7. The Labute approximate surface area is 137 Å². The Balaban J connectivity index is 1.77. The maximum atomic E-state index is 11.9. The van der Waals surface area contributed by atoms with Crippen molar-refractivity contribution in [2.45, 2.75) is 32.6 Å². The van der Waals surface area contributed by atoms with Gasteiger partial charge in [0.2, 0.25) is 5.91 Å². The number of nitrogens with zero attached hydrogens (tertiary/aromatic N) is 1. The van der Waals surface area contributed by atoms with Gasteiger partial charge in [0.15, 0.2) is 5.13 Å². The molecule has 2 aromatic rings. The molecule has 118 valence electrons. The van der Waals surface area contributed by atoms with Crippen LogP contribution in [0.15, 0.2) is 22.9 Å². The van der Waals surface area contributed by atoms with Crippen molar-refractivity contribution in [3.05, 3.63) is 33.5 Å². The second kappa shape index (κ2) is 8.65. The molecule has 2 rings (SSSR count). The molecule has 0 saturated heterocycles. The molecule has 2 heterocycles. The van der Waals surface area contributed by atoms with E-state index in [2.05, 4.69) is 22.5 Å². The van der Waals surface area contributed by atoms with Crippen LogP contribution in [-0.4, -0.2) is 23.3 Å². The smallest absolute Gasteiger partial charge is 0.267 e. The summed E-state index contributed by atoms with van der Waals surface area (Å²) in [5.74, 6) is -0.0983. The third-order valence-electron chi connectivity index (χ3n) is 2.98. The van der Waals surface area contributed by atoms with Gasteiger partial charge < -0.3 is 5.32 Å². The van der Waals surface area contributed by atoms with Crippen molar-refractivity contribution < 1.29 is 9.59 Å². The first-order valence-electron chi connectivity index (χ1n) is 7.25. The van der Waals surface area contributed by atoms with Gasteiger partial charge in [-0.3, -0.25) is 14.9 Å².